The predicted octanol–water partition coefficient (Wildman–Crippen LogP) is 1.07. The molecule has 6 nitrogen and oxygen atoms in total. The highest BCUT2D eigenvalue weighted by Gasteiger charge is 2.58. The molecule has 0 amide bonds. The number of fused-ring (bicyclic) bond motifs is 2. The predicted molar refractivity (Wildman–Crippen MR) is 76.3 cm³/mol. The quantitative estimate of drug-likeness (QED) is 0.838. The Kier molecular flexibility index (Phi) is 3.78. The van der Waals surface area contributed by atoms with Crippen LogP contribution in [0.25, 0.3) is 0 Å². The molecule has 3 aliphatic rings. The molecule has 0 saturated carbocycles. The Morgan fingerprint density at radius 2 is 2.14 bits per heavy atom. The third-order valence-corrected chi connectivity index (χ3v) is 6.62. The van der Waals surface area contributed by atoms with E-state index in [0.29, 0.717) is 25.9 Å². The highest BCUT2D eigenvalue weighted by Crippen LogP contribution is 2.52. The van der Waals surface area contributed by atoms with Gasteiger partial charge in [0.15, 0.2) is 0 Å². The third-order valence-electron chi connectivity index (χ3n) is 5.35. The number of sulfonamides is 1. The molecule has 3 saturated heterocycles. The number of carbonyl (C=O) groups is 1. The second-order valence-electron chi connectivity index (χ2n) is 6.82. The van der Waals surface area contributed by atoms with Crippen molar-refractivity contribution in [2.75, 3.05) is 19.3 Å². The number of hydrogen-bond acceptors (Lipinski definition) is 4. The Morgan fingerprint density at radius 3 is 2.67 bits per heavy atom. The molecule has 1 N–H and O–H groups in total. The van der Waals surface area contributed by atoms with Gasteiger partial charge in [0, 0.05) is 13.1 Å². The normalized spacial score (nSPS) is 40.5. The van der Waals surface area contributed by atoms with Crippen LogP contribution in [0.2, 0.25) is 0 Å². The van der Waals surface area contributed by atoms with Crippen LogP contribution in [0.4, 0.5) is 0 Å². The monoisotopic (exact) mass is 317 g/mol. The fourth-order valence-electron chi connectivity index (χ4n) is 4.34. The van der Waals surface area contributed by atoms with Gasteiger partial charge in [0.25, 0.3) is 0 Å². The molecular formula is C14H23NO5S. The fourth-order valence-corrected chi connectivity index (χ4v) is 5.28. The van der Waals surface area contributed by atoms with E-state index in [9.17, 15) is 18.3 Å². The summed E-state index contributed by atoms with van der Waals surface area (Å²) in [4.78, 5) is 11.9. The molecule has 3 rings (SSSR count). The lowest BCUT2D eigenvalue weighted by Gasteiger charge is -2.38. The van der Waals surface area contributed by atoms with Crippen molar-refractivity contribution in [2.45, 2.75) is 50.7 Å². The van der Waals surface area contributed by atoms with Crippen molar-refractivity contribution in [1.82, 2.24) is 4.31 Å². The number of carboxylic acids is 1. The second kappa shape index (κ2) is 5.21. The molecule has 3 fully saturated rings. The van der Waals surface area contributed by atoms with Crippen molar-refractivity contribution < 1.29 is 23.1 Å². The number of rotatable bonds is 4. The topological polar surface area (TPSA) is 83.9 Å². The maximum absolute atomic E-state index is 11.9. The van der Waals surface area contributed by atoms with Crippen LogP contribution in [0, 0.1) is 11.3 Å². The third kappa shape index (κ3) is 2.71. The van der Waals surface area contributed by atoms with E-state index in [4.69, 9.17) is 4.74 Å². The van der Waals surface area contributed by atoms with Crippen LogP contribution in [0.3, 0.4) is 0 Å². The van der Waals surface area contributed by atoms with Crippen molar-refractivity contribution in [2.24, 2.45) is 11.3 Å². The summed E-state index contributed by atoms with van der Waals surface area (Å²) in [6.07, 6.45) is 5.73. The van der Waals surface area contributed by atoms with Gasteiger partial charge in [-0.25, -0.2) is 12.7 Å². The van der Waals surface area contributed by atoms with Gasteiger partial charge in [-0.05, 0) is 44.4 Å². The molecule has 3 aliphatic heterocycles. The van der Waals surface area contributed by atoms with E-state index in [0.717, 1.165) is 25.7 Å². The molecule has 0 spiro atoms. The molecule has 2 bridgehead atoms. The molecule has 0 aromatic rings. The van der Waals surface area contributed by atoms with Crippen LogP contribution in [0.15, 0.2) is 0 Å². The number of nitrogens with zero attached hydrogens (tertiary/aromatic N) is 1. The smallest absolute Gasteiger partial charge is 0.312 e. The standard InChI is InChI=1S/C14H23NO5S/c1-21(18,19)15-6-2-3-10(9-15)7-14(13(16)17)8-11-4-5-12(14)20-11/h10-12H,2-9H2,1H3,(H,16,17). The highest BCUT2D eigenvalue weighted by atomic mass is 32.2. The van der Waals surface area contributed by atoms with Crippen LogP contribution in [-0.4, -0.2) is 55.4 Å². The van der Waals surface area contributed by atoms with Crippen molar-refractivity contribution in [3.63, 3.8) is 0 Å². The average Bonchev–Trinajstić information content (AvgIpc) is 2.99. The number of ether oxygens (including phenoxy) is 1. The van der Waals surface area contributed by atoms with E-state index >= 15 is 0 Å². The van der Waals surface area contributed by atoms with Gasteiger partial charge >= 0.3 is 5.97 Å². The van der Waals surface area contributed by atoms with Gasteiger partial charge in [0.2, 0.25) is 10.0 Å². The molecule has 0 radical (unpaired) electrons. The Balaban J connectivity index is 1.74. The van der Waals surface area contributed by atoms with Gasteiger partial charge in [-0.15, -0.1) is 0 Å². The zero-order valence-corrected chi connectivity index (χ0v) is 13.1. The molecule has 7 heteroatoms. The summed E-state index contributed by atoms with van der Waals surface area (Å²) in [6.45, 7) is 1.00. The minimum Gasteiger partial charge on any atom is -0.481 e. The Bertz CT molecular complexity index is 533. The molecule has 21 heavy (non-hydrogen) atoms. The zero-order chi connectivity index (χ0) is 15.3. The van der Waals surface area contributed by atoms with Crippen LogP contribution in [0.1, 0.15) is 38.5 Å². The molecule has 120 valence electrons. The van der Waals surface area contributed by atoms with Gasteiger partial charge < -0.3 is 9.84 Å². The fraction of sp³-hybridized carbons (Fsp3) is 0.929. The molecule has 4 unspecified atom stereocenters. The van der Waals surface area contributed by atoms with Crippen molar-refractivity contribution in [1.29, 1.82) is 0 Å². The molecule has 4 atom stereocenters. The first-order valence-corrected chi connectivity index (χ1v) is 9.50. The van der Waals surface area contributed by atoms with Gasteiger partial charge in [-0.1, -0.05) is 0 Å². The van der Waals surface area contributed by atoms with E-state index < -0.39 is 21.4 Å². The van der Waals surface area contributed by atoms with E-state index in [1.807, 2.05) is 0 Å². The van der Waals surface area contributed by atoms with Crippen LogP contribution < -0.4 is 0 Å². The van der Waals surface area contributed by atoms with E-state index in [1.54, 1.807) is 0 Å². The molecule has 3 heterocycles. The number of aliphatic carboxylic acids is 1. The number of carboxylic acid groups (broad SMARTS) is 1. The zero-order valence-electron chi connectivity index (χ0n) is 12.3. The first-order chi connectivity index (χ1) is 9.81. The minimum atomic E-state index is -3.19. The maximum atomic E-state index is 11.9. The SMILES string of the molecule is CS(=O)(=O)N1CCCC(CC2(C(=O)O)CC3CCC2O3)C1. The summed E-state index contributed by atoms with van der Waals surface area (Å²) in [7, 11) is -3.19. The van der Waals surface area contributed by atoms with Crippen molar-refractivity contribution in [3.8, 4) is 0 Å². The number of hydrogen-bond donors (Lipinski definition) is 1. The highest BCUT2D eigenvalue weighted by molar-refractivity contribution is 7.88. The summed E-state index contributed by atoms with van der Waals surface area (Å²) in [5.74, 6) is -0.654. The Labute approximate surface area is 125 Å². The summed E-state index contributed by atoms with van der Waals surface area (Å²) in [6, 6.07) is 0. The molecule has 0 aliphatic carbocycles. The Morgan fingerprint density at radius 1 is 1.38 bits per heavy atom. The average molecular weight is 317 g/mol. The van der Waals surface area contributed by atoms with Crippen molar-refractivity contribution in [3.05, 3.63) is 0 Å². The molecule has 0 aromatic carbocycles. The lowest BCUT2D eigenvalue weighted by Crippen LogP contribution is -2.46. The van der Waals surface area contributed by atoms with Crippen LogP contribution in [-0.2, 0) is 19.6 Å². The van der Waals surface area contributed by atoms with Gasteiger partial charge in [0.1, 0.15) is 0 Å². The molecular weight excluding hydrogens is 294 g/mol. The van der Waals surface area contributed by atoms with E-state index in [-0.39, 0.29) is 18.1 Å². The second-order valence-corrected chi connectivity index (χ2v) is 8.81. The van der Waals surface area contributed by atoms with Crippen molar-refractivity contribution >= 4 is 16.0 Å². The number of piperidine rings is 1. The summed E-state index contributed by atoms with van der Waals surface area (Å²) in [5.41, 5.74) is -0.798. The summed E-state index contributed by atoms with van der Waals surface area (Å²) in [5, 5.41) is 9.73. The molecule has 0 aromatic heterocycles. The van der Waals surface area contributed by atoms with Crippen LogP contribution >= 0.6 is 0 Å². The first kappa shape index (κ1) is 15.2. The summed E-state index contributed by atoms with van der Waals surface area (Å²) < 4.78 is 30.7. The summed E-state index contributed by atoms with van der Waals surface area (Å²) >= 11 is 0. The minimum absolute atomic E-state index is 0.0840. The van der Waals surface area contributed by atoms with E-state index in [2.05, 4.69) is 0 Å². The van der Waals surface area contributed by atoms with Gasteiger partial charge in [-0.2, -0.15) is 0 Å². The Hall–Kier alpha value is -0.660. The first-order valence-electron chi connectivity index (χ1n) is 7.65. The lowest BCUT2D eigenvalue weighted by molar-refractivity contribution is -0.154. The maximum Gasteiger partial charge on any atom is 0.312 e. The van der Waals surface area contributed by atoms with E-state index in [1.165, 1.54) is 10.6 Å². The lowest BCUT2D eigenvalue weighted by atomic mass is 9.68. The van der Waals surface area contributed by atoms with Gasteiger partial charge in [-0.3, -0.25) is 4.79 Å². The van der Waals surface area contributed by atoms with Crippen LogP contribution in [0.5, 0.6) is 0 Å². The largest absolute Gasteiger partial charge is 0.481 e. The van der Waals surface area contributed by atoms with Gasteiger partial charge in [0.05, 0.1) is 23.9 Å².